The molecule has 8 nitrogen and oxygen atoms in total. The van der Waals surface area contributed by atoms with Crippen molar-refractivity contribution >= 4 is 16.7 Å². The van der Waals surface area contributed by atoms with Crippen LogP contribution >= 0.6 is 0 Å². The third-order valence-electron chi connectivity index (χ3n) is 6.81. The molecule has 11 heteroatoms. The van der Waals surface area contributed by atoms with E-state index >= 15 is 0 Å². The second-order valence-corrected chi connectivity index (χ2v) is 8.96. The molecule has 0 N–H and O–H groups in total. The molecule has 37 heavy (non-hydrogen) atoms. The number of fused-ring (bicyclic) bond motifs is 1. The highest BCUT2D eigenvalue weighted by atomic mass is 19.4. The summed E-state index contributed by atoms with van der Waals surface area (Å²) in [5.41, 5.74) is 1.57. The first-order chi connectivity index (χ1) is 17.7. The van der Waals surface area contributed by atoms with E-state index in [0.717, 1.165) is 17.3 Å². The van der Waals surface area contributed by atoms with Crippen LogP contribution in [0.25, 0.3) is 11.0 Å². The molecule has 194 valence electrons. The summed E-state index contributed by atoms with van der Waals surface area (Å²) in [6.45, 7) is 2.86. The van der Waals surface area contributed by atoms with E-state index in [-0.39, 0.29) is 24.0 Å². The Hall–Kier alpha value is -4.02. The van der Waals surface area contributed by atoms with Gasteiger partial charge in [-0.1, -0.05) is 18.2 Å². The molecular weight excluding hydrogens is 487 g/mol. The third-order valence-corrected chi connectivity index (χ3v) is 6.81. The SMILES string of the molecule is COc1nccc(C)c1N1CCC(n2c(=O)n(Cc3ccccc3C(F)(F)F)c3c(OC)nccc32)C1. The third kappa shape index (κ3) is 4.28. The van der Waals surface area contributed by atoms with Gasteiger partial charge in [0.15, 0.2) is 0 Å². The van der Waals surface area contributed by atoms with E-state index < -0.39 is 17.4 Å². The fourth-order valence-electron chi connectivity index (χ4n) is 5.17. The Morgan fingerprint density at radius 2 is 1.73 bits per heavy atom. The number of aromatic nitrogens is 4. The lowest BCUT2D eigenvalue weighted by Gasteiger charge is -2.22. The standard InChI is InChI=1S/C26H26F3N5O3/c1-16-8-11-30-23(36-2)21(16)32-13-10-18(15-32)34-20-9-12-31-24(37-3)22(20)33(25(34)35)14-17-6-4-5-7-19(17)26(27,28)29/h4-9,11-12,18H,10,13-15H2,1-3H3. The van der Waals surface area contributed by atoms with Crippen LogP contribution in [0.2, 0.25) is 0 Å². The first kappa shape index (κ1) is 24.7. The Kier molecular flexibility index (Phi) is 6.30. The maximum absolute atomic E-state index is 13.8. The number of nitrogens with zero attached hydrogens (tertiary/aromatic N) is 5. The van der Waals surface area contributed by atoms with Gasteiger partial charge in [0.25, 0.3) is 0 Å². The number of hydrogen-bond donors (Lipinski definition) is 0. The molecule has 1 unspecified atom stereocenters. The summed E-state index contributed by atoms with van der Waals surface area (Å²) in [4.78, 5) is 24.5. The molecule has 1 fully saturated rings. The largest absolute Gasteiger partial charge is 0.480 e. The number of imidazole rings is 1. The zero-order valence-electron chi connectivity index (χ0n) is 20.6. The monoisotopic (exact) mass is 513 g/mol. The summed E-state index contributed by atoms with van der Waals surface area (Å²) in [6.07, 6.45) is -0.679. The number of aryl methyl sites for hydroxylation is 1. The van der Waals surface area contributed by atoms with E-state index in [2.05, 4.69) is 14.9 Å². The number of methoxy groups -OCH3 is 2. The number of rotatable bonds is 6. The van der Waals surface area contributed by atoms with Crippen LogP contribution in [0, 0.1) is 6.92 Å². The molecule has 1 aliphatic rings. The molecule has 0 bridgehead atoms. The Morgan fingerprint density at radius 1 is 1.03 bits per heavy atom. The molecule has 4 aromatic rings. The fourth-order valence-corrected chi connectivity index (χ4v) is 5.17. The summed E-state index contributed by atoms with van der Waals surface area (Å²) in [5, 5.41) is 0. The van der Waals surface area contributed by atoms with Crippen molar-refractivity contribution < 1.29 is 22.6 Å². The quantitative estimate of drug-likeness (QED) is 0.380. The number of hydrogen-bond acceptors (Lipinski definition) is 6. The average Bonchev–Trinajstić information content (AvgIpc) is 3.45. The highest BCUT2D eigenvalue weighted by molar-refractivity contribution is 5.81. The molecule has 0 spiro atoms. The molecule has 1 aromatic carbocycles. The van der Waals surface area contributed by atoms with E-state index in [1.165, 1.54) is 36.1 Å². The van der Waals surface area contributed by atoms with Crippen LogP contribution in [0.5, 0.6) is 11.8 Å². The van der Waals surface area contributed by atoms with Gasteiger partial charge in [-0.3, -0.25) is 9.13 Å². The number of ether oxygens (including phenoxy) is 2. The number of anilines is 1. The van der Waals surface area contributed by atoms with Crippen molar-refractivity contribution in [3.8, 4) is 11.8 Å². The second-order valence-electron chi connectivity index (χ2n) is 8.96. The Bertz CT molecular complexity index is 1510. The van der Waals surface area contributed by atoms with Gasteiger partial charge in [0, 0.05) is 25.5 Å². The highest BCUT2D eigenvalue weighted by Gasteiger charge is 2.35. The van der Waals surface area contributed by atoms with Crippen molar-refractivity contribution in [1.82, 2.24) is 19.1 Å². The highest BCUT2D eigenvalue weighted by Crippen LogP contribution is 2.37. The van der Waals surface area contributed by atoms with Crippen LogP contribution in [-0.4, -0.2) is 46.4 Å². The van der Waals surface area contributed by atoms with Crippen LogP contribution in [0.3, 0.4) is 0 Å². The van der Waals surface area contributed by atoms with Crippen LogP contribution in [0.15, 0.2) is 53.6 Å². The lowest BCUT2D eigenvalue weighted by atomic mass is 10.1. The van der Waals surface area contributed by atoms with Gasteiger partial charge in [0.05, 0.1) is 37.9 Å². The summed E-state index contributed by atoms with van der Waals surface area (Å²) in [5.74, 6) is 0.683. The number of benzene rings is 1. The molecule has 3 aromatic heterocycles. The minimum atomic E-state index is -4.55. The molecule has 1 saturated heterocycles. The van der Waals surface area contributed by atoms with Crippen molar-refractivity contribution in [2.45, 2.75) is 32.1 Å². The molecule has 0 saturated carbocycles. The van der Waals surface area contributed by atoms with Crippen molar-refractivity contribution in [2.75, 3.05) is 32.2 Å². The molecule has 5 rings (SSSR count). The Labute approximate surface area is 210 Å². The Balaban J connectivity index is 1.61. The summed E-state index contributed by atoms with van der Waals surface area (Å²) >= 11 is 0. The van der Waals surface area contributed by atoms with Crippen LogP contribution in [-0.2, 0) is 12.7 Å². The molecule has 0 amide bonds. The zero-order valence-corrected chi connectivity index (χ0v) is 20.6. The minimum Gasteiger partial charge on any atom is -0.480 e. The van der Waals surface area contributed by atoms with Gasteiger partial charge in [-0.15, -0.1) is 0 Å². The van der Waals surface area contributed by atoms with Gasteiger partial charge >= 0.3 is 11.9 Å². The number of halogens is 3. The fraction of sp³-hybridized carbons (Fsp3) is 0.346. The average molecular weight is 514 g/mol. The molecule has 4 heterocycles. The summed E-state index contributed by atoms with van der Waals surface area (Å²) in [6, 6.07) is 8.64. The Morgan fingerprint density at radius 3 is 2.46 bits per heavy atom. The normalized spacial score (nSPS) is 15.9. The van der Waals surface area contributed by atoms with Crippen LogP contribution in [0.4, 0.5) is 18.9 Å². The van der Waals surface area contributed by atoms with Crippen molar-refractivity contribution in [3.05, 3.63) is 76.0 Å². The van der Waals surface area contributed by atoms with Gasteiger partial charge in [-0.25, -0.2) is 14.8 Å². The first-order valence-electron chi connectivity index (χ1n) is 11.8. The first-order valence-corrected chi connectivity index (χ1v) is 11.8. The summed E-state index contributed by atoms with van der Waals surface area (Å²) < 4.78 is 55.0. The van der Waals surface area contributed by atoms with Gasteiger partial charge in [0.2, 0.25) is 11.8 Å². The predicted octanol–water partition coefficient (Wildman–Crippen LogP) is 4.44. The van der Waals surface area contributed by atoms with Crippen LogP contribution in [0.1, 0.15) is 29.2 Å². The van der Waals surface area contributed by atoms with E-state index in [1.54, 1.807) is 23.9 Å². The smallest absolute Gasteiger partial charge is 0.416 e. The van der Waals surface area contributed by atoms with Gasteiger partial charge in [-0.05, 0) is 42.7 Å². The molecule has 0 aliphatic carbocycles. The molecular formula is C26H26F3N5O3. The van der Waals surface area contributed by atoms with Gasteiger partial charge in [0.1, 0.15) is 11.2 Å². The van der Waals surface area contributed by atoms with E-state index in [0.29, 0.717) is 36.4 Å². The van der Waals surface area contributed by atoms with E-state index in [9.17, 15) is 18.0 Å². The van der Waals surface area contributed by atoms with Crippen molar-refractivity contribution in [3.63, 3.8) is 0 Å². The maximum atomic E-state index is 13.8. The number of alkyl halides is 3. The second kappa shape index (κ2) is 9.45. The maximum Gasteiger partial charge on any atom is 0.416 e. The van der Waals surface area contributed by atoms with Crippen LogP contribution < -0.4 is 20.1 Å². The topological polar surface area (TPSA) is 74.4 Å². The molecule has 1 aliphatic heterocycles. The van der Waals surface area contributed by atoms with Gasteiger partial charge in [-0.2, -0.15) is 13.2 Å². The van der Waals surface area contributed by atoms with E-state index in [4.69, 9.17) is 9.47 Å². The number of pyridine rings is 2. The zero-order chi connectivity index (χ0) is 26.3. The lowest BCUT2D eigenvalue weighted by molar-refractivity contribution is -0.138. The van der Waals surface area contributed by atoms with E-state index in [1.807, 2.05) is 13.0 Å². The minimum absolute atomic E-state index is 0.00849. The summed E-state index contributed by atoms with van der Waals surface area (Å²) in [7, 11) is 2.99. The predicted molar refractivity (Wildman–Crippen MR) is 132 cm³/mol. The molecule has 0 radical (unpaired) electrons. The van der Waals surface area contributed by atoms with Crippen molar-refractivity contribution in [1.29, 1.82) is 0 Å². The van der Waals surface area contributed by atoms with Gasteiger partial charge < -0.3 is 14.4 Å². The molecule has 1 atom stereocenters. The lowest BCUT2D eigenvalue weighted by Crippen LogP contribution is -2.30. The van der Waals surface area contributed by atoms with Crippen molar-refractivity contribution in [2.24, 2.45) is 0 Å².